The summed E-state index contributed by atoms with van der Waals surface area (Å²) in [6, 6.07) is 8.10. The van der Waals surface area contributed by atoms with Crippen LogP contribution in [0.15, 0.2) is 24.3 Å². The Balaban J connectivity index is 2.17. The molecule has 92 valence electrons. The Kier molecular flexibility index (Phi) is 3.76. The van der Waals surface area contributed by atoms with Gasteiger partial charge in [0.15, 0.2) is 0 Å². The first-order valence-corrected chi connectivity index (χ1v) is 5.68. The van der Waals surface area contributed by atoms with Gasteiger partial charge in [0.2, 0.25) is 5.91 Å². The number of hydrogen-bond donors (Lipinski definition) is 1. The van der Waals surface area contributed by atoms with Crippen molar-refractivity contribution in [3.63, 3.8) is 0 Å². The number of rotatable bonds is 4. The lowest BCUT2D eigenvalue weighted by Crippen LogP contribution is -2.37. The zero-order valence-electron chi connectivity index (χ0n) is 10.1. The highest BCUT2D eigenvalue weighted by Crippen LogP contribution is 2.34. The van der Waals surface area contributed by atoms with Crippen LogP contribution >= 0.6 is 0 Å². The molecule has 1 aromatic rings. The minimum absolute atomic E-state index is 0.0000463. The summed E-state index contributed by atoms with van der Waals surface area (Å²) in [4.78, 5) is 11.2. The van der Waals surface area contributed by atoms with Crippen LogP contribution in [0.2, 0.25) is 0 Å². The number of ether oxygens (including phenoxy) is 2. The molecule has 2 atom stereocenters. The van der Waals surface area contributed by atoms with Crippen LogP contribution < -0.4 is 5.32 Å². The Hall–Kier alpha value is -1.39. The zero-order valence-corrected chi connectivity index (χ0v) is 10.1. The van der Waals surface area contributed by atoms with Crippen LogP contribution in [0.4, 0.5) is 0 Å². The van der Waals surface area contributed by atoms with E-state index in [-0.39, 0.29) is 24.8 Å². The van der Waals surface area contributed by atoms with E-state index in [9.17, 15) is 4.79 Å². The number of benzene rings is 1. The van der Waals surface area contributed by atoms with E-state index < -0.39 is 0 Å². The minimum atomic E-state index is -0.116. The predicted molar refractivity (Wildman–Crippen MR) is 63.5 cm³/mol. The third-order valence-electron chi connectivity index (χ3n) is 2.92. The molecule has 17 heavy (non-hydrogen) atoms. The molecule has 0 saturated carbocycles. The van der Waals surface area contributed by atoms with Gasteiger partial charge < -0.3 is 14.8 Å². The van der Waals surface area contributed by atoms with Gasteiger partial charge in [-0.2, -0.15) is 0 Å². The molecule has 0 unspecified atom stereocenters. The van der Waals surface area contributed by atoms with E-state index in [1.54, 1.807) is 7.11 Å². The standard InChI is InChI=1S/C13H17NO3/c1-9(15)14-12-7-10-5-3-4-6-11(10)13(12)17-8-16-2/h3-6,12-13H,7-8H2,1-2H3,(H,14,15)/t12-,13+/m1/s1. The quantitative estimate of drug-likeness (QED) is 0.803. The van der Waals surface area contributed by atoms with Crippen LogP contribution in [0.25, 0.3) is 0 Å². The summed E-state index contributed by atoms with van der Waals surface area (Å²) in [5.41, 5.74) is 2.37. The number of nitrogens with one attached hydrogen (secondary N) is 1. The number of carbonyl (C=O) groups is 1. The Morgan fingerprint density at radius 3 is 2.94 bits per heavy atom. The van der Waals surface area contributed by atoms with Crippen molar-refractivity contribution in [1.82, 2.24) is 5.32 Å². The highest BCUT2D eigenvalue weighted by atomic mass is 16.7. The Labute approximate surface area is 101 Å². The van der Waals surface area contributed by atoms with Crippen molar-refractivity contribution < 1.29 is 14.3 Å². The average Bonchev–Trinajstić information content (AvgIpc) is 2.63. The monoisotopic (exact) mass is 235 g/mol. The maximum atomic E-state index is 11.2. The molecule has 1 aliphatic rings. The van der Waals surface area contributed by atoms with Gasteiger partial charge in [-0.1, -0.05) is 24.3 Å². The molecule has 0 spiro atoms. The molecule has 1 aromatic carbocycles. The number of fused-ring (bicyclic) bond motifs is 1. The lowest BCUT2D eigenvalue weighted by Gasteiger charge is -2.21. The predicted octanol–water partition coefficient (Wildman–Crippen LogP) is 1.41. The molecule has 0 aliphatic heterocycles. The summed E-state index contributed by atoms with van der Waals surface area (Å²) in [6.45, 7) is 1.76. The van der Waals surface area contributed by atoms with Crippen LogP contribution in [-0.4, -0.2) is 25.9 Å². The van der Waals surface area contributed by atoms with Gasteiger partial charge >= 0.3 is 0 Å². The van der Waals surface area contributed by atoms with Crippen LogP contribution in [0.5, 0.6) is 0 Å². The molecule has 2 rings (SSSR count). The summed E-state index contributed by atoms with van der Waals surface area (Å²) < 4.78 is 10.6. The topological polar surface area (TPSA) is 47.6 Å². The van der Waals surface area contributed by atoms with Gasteiger partial charge in [-0.05, 0) is 17.5 Å². The minimum Gasteiger partial charge on any atom is -0.359 e. The molecule has 4 nitrogen and oxygen atoms in total. The first-order valence-electron chi connectivity index (χ1n) is 5.68. The first kappa shape index (κ1) is 12.1. The van der Waals surface area contributed by atoms with Gasteiger partial charge in [0.1, 0.15) is 12.9 Å². The van der Waals surface area contributed by atoms with Crippen molar-refractivity contribution in [2.75, 3.05) is 13.9 Å². The lowest BCUT2D eigenvalue weighted by atomic mass is 10.1. The second-order valence-corrected chi connectivity index (χ2v) is 4.20. The highest BCUT2D eigenvalue weighted by Gasteiger charge is 2.33. The van der Waals surface area contributed by atoms with Crippen molar-refractivity contribution in [1.29, 1.82) is 0 Å². The smallest absolute Gasteiger partial charge is 0.217 e. The van der Waals surface area contributed by atoms with Crippen molar-refractivity contribution >= 4 is 5.91 Å². The zero-order chi connectivity index (χ0) is 12.3. The van der Waals surface area contributed by atoms with Crippen LogP contribution in [0, 0.1) is 0 Å². The molecule has 0 radical (unpaired) electrons. The van der Waals surface area contributed by atoms with Crippen LogP contribution in [0.1, 0.15) is 24.2 Å². The molecule has 4 heteroatoms. The Morgan fingerprint density at radius 2 is 2.24 bits per heavy atom. The largest absolute Gasteiger partial charge is 0.359 e. The summed E-state index contributed by atoms with van der Waals surface area (Å²) in [5.74, 6) is -0.0335. The second-order valence-electron chi connectivity index (χ2n) is 4.20. The van der Waals surface area contributed by atoms with Gasteiger partial charge in [-0.25, -0.2) is 0 Å². The van der Waals surface area contributed by atoms with Gasteiger partial charge in [0.25, 0.3) is 0 Å². The van der Waals surface area contributed by atoms with Gasteiger partial charge in [-0.15, -0.1) is 0 Å². The van der Waals surface area contributed by atoms with Crippen molar-refractivity contribution in [2.24, 2.45) is 0 Å². The molecule has 0 heterocycles. The third-order valence-corrected chi connectivity index (χ3v) is 2.92. The van der Waals surface area contributed by atoms with Crippen LogP contribution in [-0.2, 0) is 20.7 Å². The fourth-order valence-corrected chi connectivity index (χ4v) is 2.29. The SMILES string of the molecule is COCO[C@H]1c2ccccc2C[C@H]1NC(C)=O. The highest BCUT2D eigenvalue weighted by molar-refractivity contribution is 5.73. The molecule has 1 aliphatic carbocycles. The maximum absolute atomic E-state index is 11.2. The van der Waals surface area contributed by atoms with Crippen molar-refractivity contribution in [3.8, 4) is 0 Å². The molecule has 0 saturated heterocycles. The second kappa shape index (κ2) is 5.29. The first-order chi connectivity index (χ1) is 8.22. The summed E-state index contributed by atoms with van der Waals surface area (Å²) >= 11 is 0. The number of amides is 1. The third kappa shape index (κ3) is 2.65. The van der Waals surface area contributed by atoms with E-state index in [0.29, 0.717) is 0 Å². The van der Waals surface area contributed by atoms with E-state index in [2.05, 4.69) is 11.4 Å². The molecular weight excluding hydrogens is 218 g/mol. The van der Waals surface area contributed by atoms with E-state index in [1.807, 2.05) is 18.2 Å². The van der Waals surface area contributed by atoms with Gasteiger partial charge in [0, 0.05) is 14.0 Å². The summed E-state index contributed by atoms with van der Waals surface area (Å²) in [5, 5.41) is 2.93. The summed E-state index contributed by atoms with van der Waals surface area (Å²) in [6.07, 6.45) is 0.694. The molecule has 1 amide bonds. The fraction of sp³-hybridized carbons (Fsp3) is 0.462. The molecule has 0 bridgehead atoms. The fourth-order valence-electron chi connectivity index (χ4n) is 2.29. The van der Waals surface area contributed by atoms with Gasteiger partial charge in [0.05, 0.1) is 6.04 Å². The van der Waals surface area contributed by atoms with Gasteiger partial charge in [-0.3, -0.25) is 4.79 Å². The lowest BCUT2D eigenvalue weighted by molar-refractivity contribution is -0.122. The normalized spacial score (nSPS) is 22.2. The molecule has 0 aromatic heterocycles. The average molecular weight is 235 g/mol. The maximum Gasteiger partial charge on any atom is 0.217 e. The number of methoxy groups -OCH3 is 1. The van der Waals surface area contributed by atoms with Crippen LogP contribution in [0.3, 0.4) is 0 Å². The molecule has 1 N–H and O–H groups in total. The Bertz CT molecular complexity index is 405. The van der Waals surface area contributed by atoms with E-state index >= 15 is 0 Å². The summed E-state index contributed by atoms with van der Waals surface area (Å²) in [7, 11) is 1.59. The van der Waals surface area contributed by atoms with E-state index in [1.165, 1.54) is 12.5 Å². The molecular formula is C13H17NO3. The van der Waals surface area contributed by atoms with Crippen molar-refractivity contribution in [2.45, 2.75) is 25.5 Å². The molecule has 0 fully saturated rings. The Morgan fingerprint density at radius 1 is 1.47 bits per heavy atom. The van der Waals surface area contributed by atoms with Crippen molar-refractivity contribution in [3.05, 3.63) is 35.4 Å². The number of carbonyl (C=O) groups excluding carboxylic acids is 1. The van der Waals surface area contributed by atoms with E-state index in [0.717, 1.165) is 12.0 Å². The number of hydrogen-bond acceptors (Lipinski definition) is 3. The van der Waals surface area contributed by atoms with E-state index in [4.69, 9.17) is 9.47 Å².